The number of rotatable bonds is 5. The highest BCUT2D eigenvalue weighted by molar-refractivity contribution is 6.31. The van der Waals surface area contributed by atoms with Gasteiger partial charge in [0.2, 0.25) is 0 Å². The molecule has 0 atom stereocenters. The zero-order valence-electron chi connectivity index (χ0n) is 13.7. The lowest BCUT2D eigenvalue weighted by atomic mass is 10.1. The Morgan fingerprint density at radius 2 is 1.92 bits per heavy atom. The first-order chi connectivity index (χ1) is 12.3. The molecule has 26 heavy (non-hydrogen) atoms. The van der Waals surface area contributed by atoms with E-state index in [1.807, 2.05) is 0 Å². The second-order valence-corrected chi connectivity index (χ2v) is 7.20. The number of halogens is 4. The molecule has 4 rings (SSSR count). The number of hydrogen-bond donors (Lipinski definition) is 1. The van der Waals surface area contributed by atoms with Crippen molar-refractivity contribution in [1.82, 2.24) is 20.1 Å². The predicted molar refractivity (Wildman–Crippen MR) is 87.9 cm³/mol. The van der Waals surface area contributed by atoms with Gasteiger partial charge in [-0.1, -0.05) is 11.6 Å². The van der Waals surface area contributed by atoms with Gasteiger partial charge in [-0.2, -0.15) is 13.2 Å². The Morgan fingerprint density at radius 3 is 2.54 bits per heavy atom. The van der Waals surface area contributed by atoms with E-state index in [9.17, 15) is 18.0 Å². The first kappa shape index (κ1) is 17.3. The van der Waals surface area contributed by atoms with E-state index in [0.29, 0.717) is 17.8 Å². The van der Waals surface area contributed by atoms with E-state index < -0.39 is 17.6 Å². The van der Waals surface area contributed by atoms with Gasteiger partial charge in [-0.25, -0.2) is 0 Å². The van der Waals surface area contributed by atoms with Crippen molar-refractivity contribution in [3.8, 4) is 0 Å². The van der Waals surface area contributed by atoms with Crippen molar-refractivity contribution >= 4 is 17.5 Å². The number of carbonyl (C=O) groups excluding carboxylic acids is 1. The fourth-order valence-corrected chi connectivity index (χ4v) is 3.19. The lowest BCUT2D eigenvalue weighted by molar-refractivity contribution is -0.137. The Kier molecular flexibility index (Phi) is 4.17. The third kappa shape index (κ3) is 3.56. The number of aromatic nitrogens is 3. The van der Waals surface area contributed by atoms with Crippen LogP contribution in [0.25, 0.3) is 0 Å². The predicted octanol–water partition coefficient (Wildman–Crippen LogP) is 4.09. The zero-order valence-corrected chi connectivity index (χ0v) is 14.4. The molecular weight excluding hydrogens is 369 g/mol. The van der Waals surface area contributed by atoms with Crippen molar-refractivity contribution in [2.75, 3.05) is 0 Å². The van der Waals surface area contributed by atoms with Gasteiger partial charge in [0.1, 0.15) is 5.82 Å². The number of hydrogen-bond acceptors (Lipinski definition) is 3. The van der Waals surface area contributed by atoms with Crippen molar-refractivity contribution in [3.05, 3.63) is 46.0 Å². The molecule has 5 nitrogen and oxygen atoms in total. The van der Waals surface area contributed by atoms with Crippen LogP contribution in [0.2, 0.25) is 5.02 Å². The number of benzene rings is 1. The largest absolute Gasteiger partial charge is 0.416 e. The normalized spacial score (nSPS) is 17.4. The van der Waals surface area contributed by atoms with E-state index in [2.05, 4.69) is 20.1 Å². The van der Waals surface area contributed by atoms with Gasteiger partial charge in [0.05, 0.1) is 12.1 Å². The number of carbonyl (C=O) groups is 1. The molecule has 0 spiro atoms. The summed E-state index contributed by atoms with van der Waals surface area (Å²) >= 11 is 5.73. The average molecular weight is 385 g/mol. The Labute approximate surface area is 152 Å². The molecule has 138 valence electrons. The number of nitrogens with zero attached hydrogens (tertiary/aromatic N) is 3. The minimum absolute atomic E-state index is 0.114. The van der Waals surface area contributed by atoms with Gasteiger partial charge in [-0.05, 0) is 43.9 Å². The number of nitrogens with one attached hydrogen (secondary N) is 1. The second-order valence-electron chi connectivity index (χ2n) is 6.76. The minimum Gasteiger partial charge on any atom is -0.345 e. The molecule has 2 aliphatic carbocycles. The molecule has 0 saturated heterocycles. The van der Waals surface area contributed by atoms with Crippen LogP contribution in [0.3, 0.4) is 0 Å². The molecule has 0 radical (unpaired) electrons. The summed E-state index contributed by atoms with van der Waals surface area (Å²) in [6.45, 7) is 0.114. The average Bonchev–Trinajstić information content (AvgIpc) is 3.50. The third-order valence-electron chi connectivity index (χ3n) is 4.54. The number of alkyl halides is 3. The molecule has 2 aliphatic rings. The van der Waals surface area contributed by atoms with E-state index in [0.717, 1.165) is 43.6 Å². The van der Waals surface area contributed by atoms with Gasteiger partial charge >= 0.3 is 6.18 Å². The van der Waals surface area contributed by atoms with Gasteiger partial charge in [0, 0.05) is 22.5 Å². The highest BCUT2D eigenvalue weighted by Gasteiger charge is 2.36. The van der Waals surface area contributed by atoms with Crippen LogP contribution >= 0.6 is 11.6 Å². The fraction of sp³-hybridized carbons (Fsp3) is 0.471. The quantitative estimate of drug-likeness (QED) is 0.844. The Hall–Kier alpha value is -2.09. The molecule has 1 N–H and O–H groups in total. The maximum Gasteiger partial charge on any atom is 0.416 e. The summed E-state index contributed by atoms with van der Waals surface area (Å²) in [6, 6.07) is 3.18. The van der Waals surface area contributed by atoms with E-state index >= 15 is 0 Å². The van der Waals surface area contributed by atoms with Crippen molar-refractivity contribution in [2.45, 2.75) is 50.4 Å². The Balaban J connectivity index is 1.50. The van der Waals surface area contributed by atoms with Crippen LogP contribution < -0.4 is 5.32 Å². The van der Waals surface area contributed by atoms with Crippen LogP contribution in [0, 0.1) is 0 Å². The van der Waals surface area contributed by atoms with Gasteiger partial charge in [0.25, 0.3) is 5.91 Å². The Bertz CT molecular complexity index is 856. The van der Waals surface area contributed by atoms with Crippen molar-refractivity contribution in [2.24, 2.45) is 0 Å². The highest BCUT2D eigenvalue weighted by Crippen LogP contribution is 2.44. The highest BCUT2D eigenvalue weighted by atomic mass is 35.5. The molecule has 2 aromatic rings. The lowest BCUT2D eigenvalue weighted by Crippen LogP contribution is -2.25. The zero-order chi connectivity index (χ0) is 18.5. The standard InChI is InChI=1S/C17H16ClF3N4O/c18-12-6-10(5-11(7-12)17(19,20)21)16(26)22-8-14-23-24-15(9-1-2-9)25(14)13-3-4-13/h5-7,9,13H,1-4,8H2,(H,22,26). The molecular formula is C17H16ClF3N4O. The van der Waals surface area contributed by atoms with Crippen LogP contribution in [-0.4, -0.2) is 20.7 Å². The van der Waals surface area contributed by atoms with Gasteiger partial charge in [-0.3, -0.25) is 4.79 Å². The van der Waals surface area contributed by atoms with Gasteiger partial charge in [-0.15, -0.1) is 10.2 Å². The number of amides is 1. The molecule has 0 bridgehead atoms. The SMILES string of the molecule is O=C(NCc1nnc(C2CC2)n1C1CC1)c1cc(Cl)cc(C(F)(F)F)c1. The Morgan fingerprint density at radius 1 is 1.19 bits per heavy atom. The van der Waals surface area contributed by atoms with E-state index in [1.54, 1.807) is 0 Å². The lowest BCUT2D eigenvalue weighted by Gasteiger charge is -2.11. The third-order valence-corrected chi connectivity index (χ3v) is 4.76. The topological polar surface area (TPSA) is 59.8 Å². The van der Waals surface area contributed by atoms with Crippen LogP contribution in [0.4, 0.5) is 13.2 Å². The monoisotopic (exact) mass is 384 g/mol. The van der Waals surface area contributed by atoms with Gasteiger partial charge < -0.3 is 9.88 Å². The first-order valence-electron chi connectivity index (χ1n) is 8.42. The molecule has 9 heteroatoms. The summed E-state index contributed by atoms with van der Waals surface area (Å²) in [5, 5.41) is 10.9. The smallest absolute Gasteiger partial charge is 0.345 e. The molecule has 0 unspecified atom stereocenters. The molecule has 1 aromatic carbocycles. The van der Waals surface area contributed by atoms with E-state index in [-0.39, 0.29) is 17.1 Å². The van der Waals surface area contributed by atoms with Crippen LogP contribution in [0.5, 0.6) is 0 Å². The molecule has 1 heterocycles. The molecule has 1 aromatic heterocycles. The van der Waals surface area contributed by atoms with Crippen LogP contribution in [0.15, 0.2) is 18.2 Å². The summed E-state index contributed by atoms with van der Waals surface area (Å²) in [4.78, 5) is 12.3. The summed E-state index contributed by atoms with van der Waals surface area (Å²) in [5.41, 5.74) is -1.09. The molecule has 2 saturated carbocycles. The summed E-state index contributed by atoms with van der Waals surface area (Å²) in [7, 11) is 0. The minimum atomic E-state index is -4.56. The van der Waals surface area contributed by atoms with E-state index in [1.165, 1.54) is 6.07 Å². The second kappa shape index (κ2) is 6.26. The fourth-order valence-electron chi connectivity index (χ4n) is 2.95. The molecule has 2 fully saturated rings. The summed E-state index contributed by atoms with van der Waals surface area (Å²) in [6.07, 6.45) is -0.255. The van der Waals surface area contributed by atoms with Crippen molar-refractivity contribution < 1.29 is 18.0 Å². The molecule has 1 amide bonds. The van der Waals surface area contributed by atoms with E-state index in [4.69, 9.17) is 11.6 Å². The molecule has 0 aliphatic heterocycles. The first-order valence-corrected chi connectivity index (χ1v) is 8.80. The maximum absolute atomic E-state index is 12.9. The van der Waals surface area contributed by atoms with Crippen molar-refractivity contribution in [3.63, 3.8) is 0 Å². The summed E-state index contributed by atoms with van der Waals surface area (Å²) in [5.74, 6) is 1.41. The van der Waals surface area contributed by atoms with Crippen LogP contribution in [-0.2, 0) is 12.7 Å². The maximum atomic E-state index is 12.9. The van der Waals surface area contributed by atoms with Crippen LogP contribution in [0.1, 0.15) is 65.2 Å². The van der Waals surface area contributed by atoms with Crippen molar-refractivity contribution in [1.29, 1.82) is 0 Å². The summed E-state index contributed by atoms with van der Waals surface area (Å²) < 4.78 is 40.7. The van der Waals surface area contributed by atoms with Gasteiger partial charge in [0.15, 0.2) is 5.82 Å².